The number of likely N-dealkylation sites (tertiary alicyclic amines) is 1. The molecular formula is C22H26FNO3. The van der Waals surface area contributed by atoms with E-state index in [0.717, 1.165) is 24.8 Å². The van der Waals surface area contributed by atoms with E-state index < -0.39 is 0 Å². The highest BCUT2D eigenvalue weighted by atomic mass is 19.1. The lowest BCUT2D eigenvalue weighted by molar-refractivity contribution is 0.0725. The third-order valence-corrected chi connectivity index (χ3v) is 5.27. The third-order valence-electron chi connectivity index (χ3n) is 5.27. The molecule has 4 nitrogen and oxygen atoms in total. The molecule has 1 heterocycles. The summed E-state index contributed by atoms with van der Waals surface area (Å²) >= 11 is 0. The van der Waals surface area contributed by atoms with Crippen molar-refractivity contribution in [2.24, 2.45) is 5.41 Å². The third kappa shape index (κ3) is 4.48. The van der Waals surface area contributed by atoms with Crippen molar-refractivity contribution in [2.75, 3.05) is 19.7 Å². The number of para-hydroxylation sites is 1. The monoisotopic (exact) mass is 371 g/mol. The predicted molar refractivity (Wildman–Crippen MR) is 102 cm³/mol. The van der Waals surface area contributed by atoms with Crippen LogP contribution < -0.4 is 4.74 Å². The van der Waals surface area contributed by atoms with Gasteiger partial charge in [0.1, 0.15) is 18.2 Å². The molecule has 3 rings (SSSR count). The maximum absolute atomic E-state index is 13.0. The molecule has 1 N–H and O–H groups in total. The van der Waals surface area contributed by atoms with Gasteiger partial charge in [0.05, 0.1) is 12.2 Å². The number of carbonyl (C=O) groups is 1. The average Bonchev–Trinajstić information content (AvgIpc) is 3.12. The van der Waals surface area contributed by atoms with Crippen LogP contribution in [-0.2, 0) is 6.61 Å². The topological polar surface area (TPSA) is 49.8 Å². The molecule has 0 radical (unpaired) electrons. The van der Waals surface area contributed by atoms with Crippen molar-refractivity contribution in [3.05, 3.63) is 65.5 Å². The Balaban J connectivity index is 1.71. The lowest BCUT2D eigenvalue weighted by atomic mass is 9.83. The van der Waals surface area contributed by atoms with Gasteiger partial charge in [0.25, 0.3) is 5.91 Å². The molecule has 2 aromatic carbocycles. The van der Waals surface area contributed by atoms with Crippen LogP contribution in [0.2, 0.25) is 0 Å². The lowest BCUT2D eigenvalue weighted by Gasteiger charge is -2.26. The second kappa shape index (κ2) is 8.53. The molecule has 0 saturated carbocycles. The Morgan fingerprint density at radius 1 is 1.22 bits per heavy atom. The van der Waals surface area contributed by atoms with Crippen LogP contribution in [0.25, 0.3) is 0 Å². The quantitative estimate of drug-likeness (QED) is 0.799. The summed E-state index contributed by atoms with van der Waals surface area (Å²) in [5.74, 6) is 0.155. The molecular weight excluding hydrogens is 345 g/mol. The van der Waals surface area contributed by atoms with Crippen LogP contribution >= 0.6 is 0 Å². The molecule has 2 aromatic rings. The van der Waals surface area contributed by atoms with Gasteiger partial charge in [-0.05, 0) is 42.7 Å². The number of aliphatic hydroxyl groups excluding tert-OH is 1. The van der Waals surface area contributed by atoms with Crippen LogP contribution in [0, 0.1) is 11.2 Å². The minimum atomic E-state index is -0.289. The standard InChI is InChI=1S/C22H26FNO3/c1-2-11-22(16-25)12-13-24(15-22)21(26)19-5-3-4-6-20(19)27-14-17-7-9-18(23)10-8-17/h3-10,25H,2,11-16H2,1H3. The predicted octanol–water partition coefficient (Wildman–Crippen LogP) is 4.03. The summed E-state index contributed by atoms with van der Waals surface area (Å²) in [5, 5.41) is 9.81. The van der Waals surface area contributed by atoms with E-state index >= 15 is 0 Å². The van der Waals surface area contributed by atoms with Gasteiger partial charge in [0, 0.05) is 18.5 Å². The fraction of sp³-hybridized carbons (Fsp3) is 0.409. The van der Waals surface area contributed by atoms with Crippen molar-refractivity contribution in [3.63, 3.8) is 0 Å². The highest BCUT2D eigenvalue weighted by molar-refractivity contribution is 5.97. The summed E-state index contributed by atoms with van der Waals surface area (Å²) in [7, 11) is 0. The first-order valence-corrected chi connectivity index (χ1v) is 9.43. The number of rotatable bonds is 7. The first-order chi connectivity index (χ1) is 13.1. The second-order valence-corrected chi connectivity index (χ2v) is 7.30. The first kappa shape index (κ1) is 19.4. The van der Waals surface area contributed by atoms with Crippen molar-refractivity contribution in [3.8, 4) is 5.75 Å². The minimum absolute atomic E-state index is 0.0730. The van der Waals surface area contributed by atoms with Gasteiger partial charge in [0.15, 0.2) is 0 Å². The number of halogens is 1. The minimum Gasteiger partial charge on any atom is -0.488 e. The SMILES string of the molecule is CCCC1(CO)CCN(C(=O)c2ccccc2OCc2ccc(F)cc2)C1. The number of nitrogens with zero attached hydrogens (tertiary/aromatic N) is 1. The fourth-order valence-corrected chi connectivity index (χ4v) is 3.73. The molecule has 144 valence electrons. The number of carbonyl (C=O) groups excluding carboxylic acids is 1. The molecule has 5 heteroatoms. The van der Waals surface area contributed by atoms with E-state index in [2.05, 4.69) is 6.92 Å². The molecule has 1 saturated heterocycles. The number of benzene rings is 2. The summed E-state index contributed by atoms with van der Waals surface area (Å²) in [4.78, 5) is 14.9. The summed E-state index contributed by atoms with van der Waals surface area (Å²) in [6.45, 7) is 3.68. The van der Waals surface area contributed by atoms with E-state index in [1.807, 2.05) is 17.0 Å². The Morgan fingerprint density at radius 3 is 2.67 bits per heavy atom. The largest absolute Gasteiger partial charge is 0.488 e. The molecule has 1 aliphatic rings. The van der Waals surface area contributed by atoms with Crippen LogP contribution in [-0.4, -0.2) is 35.6 Å². The average molecular weight is 371 g/mol. The zero-order valence-electron chi connectivity index (χ0n) is 15.7. The molecule has 1 amide bonds. The number of hydrogen-bond acceptors (Lipinski definition) is 3. The van der Waals surface area contributed by atoms with Gasteiger partial charge < -0.3 is 14.7 Å². The van der Waals surface area contributed by atoms with Gasteiger partial charge in [0.2, 0.25) is 0 Å². The highest BCUT2D eigenvalue weighted by Crippen LogP contribution is 2.36. The van der Waals surface area contributed by atoms with E-state index in [0.29, 0.717) is 24.4 Å². The molecule has 27 heavy (non-hydrogen) atoms. The van der Waals surface area contributed by atoms with Gasteiger partial charge in [-0.3, -0.25) is 4.79 Å². The maximum atomic E-state index is 13.0. The Hall–Kier alpha value is -2.40. The van der Waals surface area contributed by atoms with Crippen molar-refractivity contribution in [1.29, 1.82) is 0 Å². The smallest absolute Gasteiger partial charge is 0.257 e. The number of ether oxygens (including phenoxy) is 1. The van der Waals surface area contributed by atoms with E-state index in [1.54, 1.807) is 24.3 Å². The zero-order chi connectivity index (χ0) is 19.3. The second-order valence-electron chi connectivity index (χ2n) is 7.30. The van der Waals surface area contributed by atoms with Crippen LogP contribution in [0.15, 0.2) is 48.5 Å². The summed E-state index contributed by atoms with van der Waals surface area (Å²) < 4.78 is 18.9. The summed E-state index contributed by atoms with van der Waals surface area (Å²) in [5.41, 5.74) is 1.17. The number of amides is 1. The maximum Gasteiger partial charge on any atom is 0.257 e. The van der Waals surface area contributed by atoms with Crippen molar-refractivity contribution < 1.29 is 19.0 Å². The van der Waals surface area contributed by atoms with E-state index in [9.17, 15) is 14.3 Å². The molecule has 0 bridgehead atoms. The zero-order valence-corrected chi connectivity index (χ0v) is 15.7. The molecule has 1 fully saturated rings. The Morgan fingerprint density at radius 2 is 1.96 bits per heavy atom. The van der Waals surface area contributed by atoms with Gasteiger partial charge in [-0.25, -0.2) is 4.39 Å². The van der Waals surface area contributed by atoms with Gasteiger partial charge in [-0.2, -0.15) is 0 Å². The molecule has 0 spiro atoms. The Kier molecular flexibility index (Phi) is 6.11. The number of hydrogen-bond donors (Lipinski definition) is 1. The fourth-order valence-electron chi connectivity index (χ4n) is 3.73. The van der Waals surface area contributed by atoms with Gasteiger partial charge in [-0.15, -0.1) is 0 Å². The van der Waals surface area contributed by atoms with E-state index in [1.165, 1.54) is 12.1 Å². The van der Waals surface area contributed by atoms with Crippen LogP contribution in [0.1, 0.15) is 42.1 Å². The molecule has 0 aliphatic carbocycles. The first-order valence-electron chi connectivity index (χ1n) is 9.43. The highest BCUT2D eigenvalue weighted by Gasteiger charge is 2.39. The lowest BCUT2D eigenvalue weighted by Crippen LogP contribution is -2.34. The molecule has 1 aliphatic heterocycles. The van der Waals surface area contributed by atoms with Crippen molar-refractivity contribution in [1.82, 2.24) is 4.90 Å². The van der Waals surface area contributed by atoms with E-state index in [4.69, 9.17) is 4.74 Å². The Labute approximate surface area is 159 Å². The molecule has 1 atom stereocenters. The van der Waals surface area contributed by atoms with Gasteiger partial charge in [-0.1, -0.05) is 37.6 Å². The molecule has 1 unspecified atom stereocenters. The van der Waals surface area contributed by atoms with Crippen LogP contribution in [0.3, 0.4) is 0 Å². The van der Waals surface area contributed by atoms with Crippen molar-refractivity contribution >= 4 is 5.91 Å². The van der Waals surface area contributed by atoms with Crippen molar-refractivity contribution in [2.45, 2.75) is 32.8 Å². The normalized spacial score (nSPS) is 19.3. The van der Waals surface area contributed by atoms with Crippen LogP contribution in [0.5, 0.6) is 5.75 Å². The molecule has 0 aromatic heterocycles. The summed E-state index contributed by atoms with van der Waals surface area (Å²) in [6.07, 6.45) is 2.72. The summed E-state index contributed by atoms with van der Waals surface area (Å²) in [6, 6.07) is 13.3. The Bertz CT molecular complexity index is 777. The van der Waals surface area contributed by atoms with Crippen LogP contribution in [0.4, 0.5) is 4.39 Å². The van der Waals surface area contributed by atoms with Gasteiger partial charge >= 0.3 is 0 Å². The van der Waals surface area contributed by atoms with E-state index in [-0.39, 0.29) is 30.4 Å². The number of aliphatic hydroxyl groups is 1.